The monoisotopic (exact) mass is 469 g/mol. The second-order valence-electron chi connectivity index (χ2n) is 7.14. The van der Waals surface area contributed by atoms with Crippen molar-refractivity contribution in [2.75, 3.05) is 6.61 Å². The van der Waals surface area contributed by atoms with Gasteiger partial charge in [-0.2, -0.15) is 0 Å². The molecule has 0 aromatic heterocycles. The maximum Gasteiger partial charge on any atom is 0.303 e. The largest absolute Gasteiger partial charge is 0.463 e. The number of carbonyl (C=O) groups excluding carboxylic acids is 4. The van der Waals surface area contributed by atoms with Gasteiger partial charge >= 0.3 is 23.9 Å². The lowest BCUT2D eigenvalue weighted by Gasteiger charge is -2.48. The minimum absolute atomic E-state index is 0.106. The predicted octanol–water partition coefficient (Wildman–Crippen LogP) is 0.497. The third kappa shape index (κ3) is 6.23. The molecule has 1 aromatic rings. The van der Waals surface area contributed by atoms with E-state index in [1.54, 1.807) is 0 Å². The molecule has 13 nitrogen and oxygen atoms in total. The Kier molecular flexibility index (Phi) is 8.06. The van der Waals surface area contributed by atoms with Crippen molar-refractivity contribution in [3.8, 4) is 0 Å². The molecule has 1 aliphatic heterocycles. The lowest BCUT2D eigenvalue weighted by molar-refractivity contribution is -0.385. The molecular weight excluding hydrogens is 446 g/mol. The minimum Gasteiger partial charge on any atom is -0.463 e. The second-order valence-corrected chi connectivity index (χ2v) is 7.14. The highest BCUT2D eigenvalue weighted by Crippen LogP contribution is 2.41. The van der Waals surface area contributed by atoms with E-state index in [1.165, 1.54) is 0 Å². The highest BCUT2D eigenvalue weighted by atomic mass is 16.7. The number of carbonyl (C=O) groups is 4. The van der Waals surface area contributed by atoms with Crippen LogP contribution in [-0.4, -0.2) is 64.9 Å². The molecule has 0 spiro atoms. The first kappa shape index (κ1) is 25.7. The number of rotatable bonds is 7. The summed E-state index contributed by atoms with van der Waals surface area (Å²) in [6.07, 6.45) is -6.19. The fraction of sp³-hybridized carbons (Fsp3) is 0.500. The fourth-order valence-corrected chi connectivity index (χ4v) is 3.33. The number of hydrogen-bond acceptors (Lipinski definition) is 12. The molecule has 0 radical (unpaired) electrons. The SMILES string of the molecule is CC(=O)OC[C@H]1O[C@](O)(c2ccc([N+](=O)[O-])cc2)[C@H](OC(C)=O)[C@@H](OC(C)=O)[C@@H]1OC(C)=O. The molecule has 180 valence electrons. The van der Waals surface area contributed by atoms with Crippen molar-refractivity contribution in [2.24, 2.45) is 0 Å². The molecule has 0 amide bonds. The summed E-state index contributed by atoms with van der Waals surface area (Å²) >= 11 is 0. The van der Waals surface area contributed by atoms with Crippen LogP contribution in [0.3, 0.4) is 0 Å². The van der Waals surface area contributed by atoms with E-state index in [0.717, 1.165) is 52.0 Å². The van der Waals surface area contributed by atoms with E-state index in [1.807, 2.05) is 0 Å². The quantitative estimate of drug-likeness (QED) is 0.253. The number of non-ortho nitro benzene ring substituents is 1. The zero-order chi connectivity index (χ0) is 24.9. The first-order chi connectivity index (χ1) is 15.3. The molecule has 2 rings (SSSR count). The topological polar surface area (TPSA) is 178 Å². The molecule has 1 saturated heterocycles. The highest BCUT2D eigenvalue weighted by molar-refractivity contribution is 5.69. The lowest BCUT2D eigenvalue weighted by Crippen LogP contribution is -2.66. The zero-order valence-electron chi connectivity index (χ0n) is 18.2. The average Bonchev–Trinajstić information content (AvgIpc) is 2.70. The van der Waals surface area contributed by atoms with Gasteiger partial charge in [-0.3, -0.25) is 29.3 Å². The van der Waals surface area contributed by atoms with Crippen molar-refractivity contribution in [2.45, 2.75) is 57.9 Å². The van der Waals surface area contributed by atoms with Crippen LogP contribution in [0.5, 0.6) is 0 Å². The van der Waals surface area contributed by atoms with Gasteiger partial charge in [0.25, 0.3) is 5.69 Å². The summed E-state index contributed by atoms with van der Waals surface area (Å²) in [5.74, 6) is -5.85. The summed E-state index contributed by atoms with van der Waals surface area (Å²) < 4.78 is 26.3. The van der Waals surface area contributed by atoms with Crippen LogP contribution in [0, 0.1) is 10.1 Å². The number of aliphatic hydroxyl groups is 1. The molecular formula is C20H23NO12. The van der Waals surface area contributed by atoms with Crippen LogP contribution >= 0.6 is 0 Å². The van der Waals surface area contributed by atoms with E-state index in [0.29, 0.717) is 0 Å². The number of esters is 4. The Hall–Kier alpha value is -3.58. The Balaban J connectivity index is 2.64. The molecule has 1 N–H and O–H groups in total. The predicted molar refractivity (Wildman–Crippen MR) is 105 cm³/mol. The first-order valence-electron chi connectivity index (χ1n) is 9.65. The van der Waals surface area contributed by atoms with E-state index < -0.39 is 65.6 Å². The molecule has 1 aliphatic rings. The Morgan fingerprint density at radius 2 is 1.45 bits per heavy atom. The van der Waals surface area contributed by atoms with E-state index in [9.17, 15) is 34.4 Å². The summed E-state index contributed by atoms with van der Waals surface area (Å²) in [6, 6.07) is 4.44. The molecule has 0 aliphatic carbocycles. The minimum atomic E-state index is -2.54. The molecule has 1 aromatic carbocycles. The second kappa shape index (κ2) is 10.4. The van der Waals surface area contributed by atoms with Gasteiger partial charge in [0, 0.05) is 45.4 Å². The van der Waals surface area contributed by atoms with Crippen LogP contribution in [0.1, 0.15) is 33.3 Å². The van der Waals surface area contributed by atoms with Crippen molar-refractivity contribution in [3.05, 3.63) is 39.9 Å². The third-order valence-electron chi connectivity index (χ3n) is 4.54. The molecule has 13 heteroatoms. The summed E-state index contributed by atoms with van der Waals surface area (Å²) in [4.78, 5) is 57.1. The first-order valence-corrected chi connectivity index (χ1v) is 9.65. The standard InChI is InChI=1S/C20H23NO12/c1-10(22)29-9-16-17(30-11(2)23)18(31-12(3)24)19(32-13(4)25)20(26,33-16)14-5-7-15(8-6-14)21(27)28/h5-8,16-19,26H,9H2,1-4H3/t16-,17-,18+,19-,20-/m1/s1. The van der Waals surface area contributed by atoms with Gasteiger partial charge in [0.1, 0.15) is 12.7 Å². The molecule has 1 heterocycles. The van der Waals surface area contributed by atoms with Gasteiger partial charge in [0.15, 0.2) is 12.2 Å². The highest BCUT2D eigenvalue weighted by Gasteiger charge is 2.60. The zero-order valence-corrected chi connectivity index (χ0v) is 18.2. The van der Waals surface area contributed by atoms with E-state index >= 15 is 0 Å². The summed E-state index contributed by atoms with van der Waals surface area (Å²) in [5.41, 5.74) is -0.404. The van der Waals surface area contributed by atoms with Crippen LogP contribution < -0.4 is 0 Å². The van der Waals surface area contributed by atoms with Gasteiger partial charge in [-0.25, -0.2) is 0 Å². The van der Waals surface area contributed by atoms with E-state index in [4.69, 9.17) is 23.7 Å². The lowest BCUT2D eigenvalue weighted by atomic mass is 9.87. The van der Waals surface area contributed by atoms with Crippen molar-refractivity contribution in [1.82, 2.24) is 0 Å². The number of nitro groups is 1. The Morgan fingerprint density at radius 1 is 0.939 bits per heavy atom. The Morgan fingerprint density at radius 3 is 1.91 bits per heavy atom. The number of benzene rings is 1. The number of hydrogen-bond donors (Lipinski definition) is 1. The maximum atomic E-state index is 11.8. The number of nitrogens with zero attached hydrogens (tertiary/aromatic N) is 1. The third-order valence-corrected chi connectivity index (χ3v) is 4.54. The smallest absolute Gasteiger partial charge is 0.303 e. The normalized spacial score (nSPS) is 26.6. The molecule has 0 saturated carbocycles. The van der Waals surface area contributed by atoms with Gasteiger partial charge in [-0.15, -0.1) is 0 Å². The van der Waals surface area contributed by atoms with Gasteiger partial charge in [0.05, 0.1) is 4.92 Å². The van der Waals surface area contributed by atoms with Crippen molar-refractivity contribution < 1.29 is 52.9 Å². The number of nitro benzene ring substituents is 1. The van der Waals surface area contributed by atoms with Crippen LogP contribution in [0.15, 0.2) is 24.3 Å². The van der Waals surface area contributed by atoms with Crippen molar-refractivity contribution >= 4 is 29.6 Å². The summed E-state index contributed by atoms with van der Waals surface area (Å²) in [5, 5.41) is 22.5. The molecule has 33 heavy (non-hydrogen) atoms. The van der Waals surface area contributed by atoms with Gasteiger partial charge in [-0.1, -0.05) is 0 Å². The summed E-state index contributed by atoms with van der Waals surface area (Å²) in [6.45, 7) is 3.69. The van der Waals surface area contributed by atoms with E-state index in [2.05, 4.69) is 0 Å². The Labute approximate surface area is 187 Å². The van der Waals surface area contributed by atoms with E-state index in [-0.39, 0.29) is 11.3 Å². The molecule has 1 fully saturated rings. The van der Waals surface area contributed by atoms with Gasteiger partial charge in [-0.05, 0) is 12.1 Å². The average molecular weight is 469 g/mol. The van der Waals surface area contributed by atoms with Gasteiger partial charge < -0.3 is 28.8 Å². The van der Waals surface area contributed by atoms with Crippen LogP contribution in [0.25, 0.3) is 0 Å². The van der Waals surface area contributed by atoms with Crippen LogP contribution in [0.2, 0.25) is 0 Å². The summed E-state index contributed by atoms with van der Waals surface area (Å²) in [7, 11) is 0. The van der Waals surface area contributed by atoms with Crippen molar-refractivity contribution in [1.29, 1.82) is 0 Å². The van der Waals surface area contributed by atoms with Crippen LogP contribution in [0.4, 0.5) is 5.69 Å². The molecule has 5 atom stereocenters. The molecule has 0 bridgehead atoms. The van der Waals surface area contributed by atoms with Crippen LogP contribution in [-0.2, 0) is 48.6 Å². The number of ether oxygens (including phenoxy) is 5. The van der Waals surface area contributed by atoms with Gasteiger partial charge in [0.2, 0.25) is 11.9 Å². The fourth-order valence-electron chi connectivity index (χ4n) is 3.33. The molecule has 0 unspecified atom stereocenters. The Bertz CT molecular complexity index is 929. The maximum absolute atomic E-state index is 11.8. The van der Waals surface area contributed by atoms with Crippen molar-refractivity contribution in [3.63, 3.8) is 0 Å².